The first-order valence-electron chi connectivity index (χ1n) is 10.2. The maximum absolute atomic E-state index is 12.0. The van der Waals surface area contributed by atoms with Gasteiger partial charge in [-0.05, 0) is 25.2 Å². The van der Waals surface area contributed by atoms with Crippen LogP contribution in [0.3, 0.4) is 0 Å². The number of rotatable bonds is 7. The van der Waals surface area contributed by atoms with Crippen LogP contribution in [0.1, 0.15) is 21.6 Å². The molecule has 1 aliphatic heterocycles. The van der Waals surface area contributed by atoms with Gasteiger partial charge in [-0.15, -0.1) is 0 Å². The van der Waals surface area contributed by atoms with E-state index in [1.807, 2.05) is 24.0 Å². The van der Waals surface area contributed by atoms with E-state index >= 15 is 0 Å². The van der Waals surface area contributed by atoms with Crippen LogP contribution in [0.15, 0.2) is 46.6 Å². The van der Waals surface area contributed by atoms with Gasteiger partial charge in [-0.25, -0.2) is 4.98 Å². The minimum absolute atomic E-state index is 0.0183. The molecule has 0 spiro atoms. The standard InChI is InChI=1S/C22H22Cl2N6O3/c1-3-26-17-9-14(23)5-4-13(17)8-16-12(2)27-21-18(20(25)32)19(24)28-30(21)22(16)29-10-15(11-29)33-7-6-31/h3-5,8-9,15,31H,1,6-7,10-11H2,2H3,(H2,25,32)/b13-8+,26-17?. The number of hydrogen-bond acceptors (Lipinski definition) is 7. The number of fused-ring (bicyclic) bond motifs is 1. The number of allylic oxidation sites excluding steroid dienone is 5. The first-order valence-corrected chi connectivity index (χ1v) is 10.9. The number of ether oxygens (including phenoxy) is 1. The maximum Gasteiger partial charge on any atom is 0.255 e. The highest BCUT2D eigenvalue weighted by Gasteiger charge is 2.33. The Morgan fingerprint density at radius 2 is 2.18 bits per heavy atom. The number of aryl methyl sites for hydroxylation is 1. The normalized spacial score (nSPS) is 18.8. The van der Waals surface area contributed by atoms with Crippen LogP contribution in [0, 0.1) is 6.92 Å². The molecule has 3 N–H and O–H groups in total. The Morgan fingerprint density at radius 1 is 1.42 bits per heavy atom. The lowest BCUT2D eigenvalue weighted by atomic mass is 10.0. The summed E-state index contributed by atoms with van der Waals surface area (Å²) in [5.74, 6) is -0.0163. The van der Waals surface area contributed by atoms with E-state index in [1.54, 1.807) is 12.2 Å². The molecule has 1 fully saturated rings. The third-order valence-electron chi connectivity index (χ3n) is 5.28. The van der Waals surface area contributed by atoms with Gasteiger partial charge in [0.15, 0.2) is 10.8 Å². The van der Waals surface area contributed by atoms with Crippen molar-refractivity contribution in [1.29, 1.82) is 0 Å². The number of nitrogens with two attached hydrogens (primary N) is 1. The predicted octanol–water partition coefficient (Wildman–Crippen LogP) is 2.65. The molecule has 0 radical (unpaired) electrons. The Balaban J connectivity index is 1.88. The highest BCUT2D eigenvalue weighted by molar-refractivity contribution is 6.35. The monoisotopic (exact) mass is 488 g/mol. The molecule has 1 aliphatic carbocycles. The van der Waals surface area contributed by atoms with Crippen LogP contribution in [-0.2, 0) is 4.74 Å². The number of nitrogens with zero attached hydrogens (tertiary/aromatic N) is 5. The molecule has 0 aromatic carbocycles. The van der Waals surface area contributed by atoms with E-state index in [0.717, 1.165) is 11.1 Å². The SMILES string of the molecule is C=CN=C1C=C(Cl)C=C/C1=C\c1c(C)nc2c(C(N)=O)c(Cl)nn2c1N1CC(OCCO)C1. The van der Waals surface area contributed by atoms with Crippen LogP contribution in [0.4, 0.5) is 5.82 Å². The van der Waals surface area contributed by atoms with E-state index in [9.17, 15) is 4.79 Å². The van der Waals surface area contributed by atoms with E-state index in [1.165, 1.54) is 10.7 Å². The molecule has 172 valence electrons. The Hall–Kier alpha value is -2.98. The second-order valence-electron chi connectivity index (χ2n) is 7.48. The summed E-state index contributed by atoms with van der Waals surface area (Å²) in [5.41, 5.74) is 8.74. The van der Waals surface area contributed by atoms with Crippen LogP contribution in [0.5, 0.6) is 0 Å². The summed E-state index contributed by atoms with van der Waals surface area (Å²) in [6.07, 6.45) is 8.70. The van der Waals surface area contributed by atoms with Gasteiger partial charge >= 0.3 is 0 Å². The Morgan fingerprint density at radius 3 is 2.85 bits per heavy atom. The Kier molecular flexibility index (Phi) is 6.66. The Labute approximate surface area is 200 Å². The fraction of sp³-hybridized carbons (Fsp3) is 0.273. The van der Waals surface area contributed by atoms with Gasteiger partial charge in [0.05, 0.1) is 30.7 Å². The zero-order chi connectivity index (χ0) is 23.7. The quantitative estimate of drug-likeness (QED) is 0.618. The molecule has 0 saturated carbocycles. The second-order valence-corrected chi connectivity index (χ2v) is 8.27. The smallest absolute Gasteiger partial charge is 0.255 e. The number of anilines is 1. The van der Waals surface area contributed by atoms with Crippen molar-refractivity contribution in [3.8, 4) is 0 Å². The van der Waals surface area contributed by atoms with Crippen LogP contribution in [-0.4, -0.2) is 63.7 Å². The fourth-order valence-electron chi connectivity index (χ4n) is 3.75. The number of carbonyl (C=O) groups is 1. The molecule has 1 saturated heterocycles. The number of aromatic nitrogens is 3. The van der Waals surface area contributed by atoms with E-state index in [0.29, 0.717) is 35.3 Å². The minimum atomic E-state index is -0.706. The summed E-state index contributed by atoms with van der Waals surface area (Å²) in [4.78, 5) is 23.0. The molecule has 0 bridgehead atoms. The number of amides is 1. The number of aliphatic hydroxyl groups is 1. The summed E-state index contributed by atoms with van der Waals surface area (Å²) in [5, 5.41) is 13.9. The van der Waals surface area contributed by atoms with E-state index < -0.39 is 5.91 Å². The molecule has 2 aliphatic rings. The summed E-state index contributed by atoms with van der Waals surface area (Å²) >= 11 is 12.4. The van der Waals surface area contributed by atoms with Crippen molar-refractivity contribution in [3.05, 3.63) is 63.6 Å². The third kappa shape index (κ3) is 4.45. The second kappa shape index (κ2) is 9.48. The number of halogens is 2. The molecular formula is C22H22Cl2N6O3. The largest absolute Gasteiger partial charge is 0.394 e. The molecule has 1 amide bonds. The topological polar surface area (TPSA) is 118 Å². The highest BCUT2D eigenvalue weighted by atomic mass is 35.5. The van der Waals surface area contributed by atoms with Gasteiger partial charge in [-0.1, -0.05) is 35.9 Å². The van der Waals surface area contributed by atoms with Crippen molar-refractivity contribution < 1.29 is 14.6 Å². The lowest BCUT2D eigenvalue weighted by Crippen LogP contribution is -2.53. The van der Waals surface area contributed by atoms with Crippen LogP contribution in [0.25, 0.3) is 11.7 Å². The summed E-state index contributed by atoms with van der Waals surface area (Å²) < 4.78 is 7.15. The first-order chi connectivity index (χ1) is 15.8. The van der Waals surface area contributed by atoms with Crippen LogP contribution >= 0.6 is 23.2 Å². The van der Waals surface area contributed by atoms with Crippen molar-refractivity contribution in [2.75, 3.05) is 31.2 Å². The summed E-state index contributed by atoms with van der Waals surface area (Å²) in [6.45, 7) is 6.85. The molecule has 3 heterocycles. The number of hydrogen-bond donors (Lipinski definition) is 2. The van der Waals surface area contributed by atoms with Gasteiger partial charge in [0.25, 0.3) is 5.91 Å². The summed E-state index contributed by atoms with van der Waals surface area (Å²) in [6, 6.07) is 0. The Bertz CT molecular complexity index is 1250. The summed E-state index contributed by atoms with van der Waals surface area (Å²) in [7, 11) is 0. The van der Waals surface area contributed by atoms with Crippen molar-refractivity contribution in [3.63, 3.8) is 0 Å². The average Bonchev–Trinajstić information content (AvgIpc) is 3.06. The number of aliphatic hydroxyl groups excluding tert-OH is 1. The molecule has 0 unspecified atom stereocenters. The van der Waals surface area contributed by atoms with Crippen LogP contribution < -0.4 is 10.6 Å². The maximum atomic E-state index is 12.0. The number of carbonyl (C=O) groups excluding carboxylic acids is 1. The molecular weight excluding hydrogens is 467 g/mol. The fourth-order valence-corrected chi connectivity index (χ4v) is 4.17. The lowest BCUT2D eigenvalue weighted by Gasteiger charge is -2.41. The van der Waals surface area contributed by atoms with Gasteiger partial charge in [0.1, 0.15) is 11.4 Å². The third-order valence-corrected chi connectivity index (χ3v) is 5.78. The van der Waals surface area contributed by atoms with Crippen molar-refractivity contribution in [2.24, 2.45) is 10.7 Å². The zero-order valence-electron chi connectivity index (χ0n) is 17.8. The lowest BCUT2D eigenvalue weighted by molar-refractivity contribution is 0.0131. The number of primary amides is 1. The van der Waals surface area contributed by atoms with Crippen molar-refractivity contribution in [2.45, 2.75) is 13.0 Å². The van der Waals surface area contributed by atoms with Gasteiger partial charge in [-0.3, -0.25) is 9.79 Å². The van der Waals surface area contributed by atoms with Crippen molar-refractivity contribution >= 4 is 52.4 Å². The van der Waals surface area contributed by atoms with Crippen molar-refractivity contribution in [1.82, 2.24) is 14.6 Å². The van der Waals surface area contributed by atoms with E-state index in [2.05, 4.69) is 21.7 Å². The number of aliphatic imine (C=N–C) groups is 1. The molecule has 0 atom stereocenters. The predicted molar refractivity (Wildman–Crippen MR) is 129 cm³/mol. The molecule has 33 heavy (non-hydrogen) atoms. The highest BCUT2D eigenvalue weighted by Crippen LogP contribution is 2.34. The molecule has 2 aromatic heterocycles. The molecule has 9 nitrogen and oxygen atoms in total. The first kappa shape index (κ1) is 23.2. The molecule has 4 rings (SSSR count). The van der Waals surface area contributed by atoms with Gasteiger partial charge < -0.3 is 20.5 Å². The van der Waals surface area contributed by atoms with Gasteiger partial charge in [-0.2, -0.15) is 9.61 Å². The van der Waals surface area contributed by atoms with E-state index in [-0.39, 0.29) is 35.7 Å². The zero-order valence-corrected chi connectivity index (χ0v) is 19.3. The van der Waals surface area contributed by atoms with Gasteiger partial charge in [0, 0.05) is 35.5 Å². The molecule has 11 heteroatoms. The molecule has 2 aromatic rings. The van der Waals surface area contributed by atoms with Crippen LogP contribution in [0.2, 0.25) is 5.15 Å². The van der Waals surface area contributed by atoms with E-state index in [4.69, 9.17) is 38.8 Å². The minimum Gasteiger partial charge on any atom is -0.394 e. The average molecular weight is 489 g/mol. The van der Waals surface area contributed by atoms with Gasteiger partial charge in [0.2, 0.25) is 0 Å².